The minimum atomic E-state index is -3.93. The number of non-ortho nitro benzene ring substituents is 1. The highest BCUT2D eigenvalue weighted by Crippen LogP contribution is 2.31. The Morgan fingerprint density at radius 3 is 2.33 bits per heavy atom. The van der Waals surface area contributed by atoms with Gasteiger partial charge in [-0.3, -0.25) is 14.8 Å². The van der Waals surface area contributed by atoms with Crippen molar-refractivity contribution < 1.29 is 13.3 Å². The topological polar surface area (TPSA) is 89.3 Å². The van der Waals surface area contributed by atoms with Crippen molar-refractivity contribution in [2.45, 2.75) is 38.5 Å². The van der Waals surface area contributed by atoms with E-state index in [0.717, 1.165) is 17.2 Å². The summed E-state index contributed by atoms with van der Waals surface area (Å²) in [5.74, 6) is 0.133. The van der Waals surface area contributed by atoms with E-state index in [1.165, 1.54) is 12.1 Å². The molecule has 24 heavy (non-hydrogen) atoms. The Labute approximate surface area is 141 Å². The molecule has 128 valence electrons. The first kappa shape index (κ1) is 17.9. The van der Waals surface area contributed by atoms with Crippen molar-refractivity contribution in [1.82, 2.24) is 0 Å². The fourth-order valence-electron chi connectivity index (χ4n) is 2.49. The number of nitro benzene ring substituents is 1. The summed E-state index contributed by atoms with van der Waals surface area (Å²) in [5, 5.41) is 10.9. The van der Waals surface area contributed by atoms with Gasteiger partial charge < -0.3 is 0 Å². The van der Waals surface area contributed by atoms with E-state index in [1.54, 1.807) is 6.92 Å². The maximum atomic E-state index is 12.8. The molecule has 0 atom stereocenters. The van der Waals surface area contributed by atoms with Crippen LogP contribution in [-0.4, -0.2) is 13.3 Å². The maximum Gasteiger partial charge on any atom is 0.270 e. The second kappa shape index (κ2) is 6.60. The smallest absolute Gasteiger partial charge is 0.270 e. The Balaban J connectivity index is 2.55. The van der Waals surface area contributed by atoms with Crippen LogP contribution in [0.5, 0.6) is 0 Å². The Bertz CT molecular complexity index is 889. The van der Waals surface area contributed by atoms with Crippen LogP contribution in [0.15, 0.2) is 41.3 Å². The highest BCUT2D eigenvalue weighted by atomic mass is 32.2. The summed E-state index contributed by atoms with van der Waals surface area (Å²) < 4.78 is 28.2. The summed E-state index contributed by atoms with van der Waals surface area (Å²) in [5.41, 5.74) is 2.40. The standard InChI is InChI=1S/C17H20N2O4S/c1-11(2)15-7-5-6-13(4)17(15)18-24(22,23)16-10-14(19(20)21)9-8-12(16)3/h5-11,18H,1-4H3. The predicted molar refractivity (Wildman–Crippen MR) is 93.9 cm³/mol. The summed E-state index contributed by atoms with van der Waals surface area (Å²) in [7, 11) is -3.93. The molecule has 0 spiro atoms. The van der Waals surface area contributed by atoms with E-state index in [1.807, 2.05) is 39.0 Å². The summed E-state index contributed by atoms with van der Waals surface area (Å²) in [6.07, 6.45) is 0. The third-order valence-corrected chi connectivity index (χ3v) is 5.33. The fourth-order valence-corrected chi connectivity index (χ4v) is 3.92. The van der Waals surface area contributed by atoms with Crippen molar-refractivity contribution in [1.29, 1.82) is 0 Å². The number of nitrogens with zero attached hydrogens (tertiary/aromatic N) is 1. The van der Waals surface area contributed by atoms with E-state index < -0.39 is 14.9 Å². The lowest BCUT2D eigenvalue weighted by atomic mass is 9.99. The molecule has 1 N–H and O–H groups in total. The number of nitro groups is 1. The maximum absolute atomic E-state index is 12.8. The van der Waals surface area contributed by atoms with Crippen LogP contribution < -0.4 is 4.72 Å². The van der Waals surface area contributed by atoms with Gasteiger partial charge >= 0.3 is 0 Å². The van der Waals surface area contributed by atoms with Gasteiger partial charge in [-0.25, -0.2) is 8.42 Å². The molecule has 0 radical (unpaired) electrons. The van der Waals surface area contributed by atoms with Crippen LogP contribution in [0, 0.1) is 24.0 Å². The third-order valence-electron chi connectivity index (χ3n) is 3.84. The monoisotopic (exact) mass is 348 g/mol. The lowest BCUT2D eigenvalue weighted by Crippen LogP contribution is -2.17. The highest BCUT2D eigenvalue weighted by Gasteiger charge is 2.23. The summed E-state index contributed by atoms with van der Waals surface area (Å²) in [6, 6.07) is 9.39. The molecule has 0 fully saturated rings. The number of benzene rings is 2. The van der Waals surface area contributed by atoms with E-state index in [9.17, 15) is 18.5 Å². The molecule has 0 aromatic heterocycles. The first-order valence-electron chi connectivity index (χ1n) is 7.51. The van der Waals surface area contributed by atoms with Crippen LogP contribution in [-0.2, 0) is 10.0 Å². The van der Waals surface area contributed by atoms with E-state index >= 15 is 0 Å². The zero-order valence-corrected chi connectivity index (χ0v) is 14.8. The van der Waals surface area contributed by atoms with Crippen LogP contribution in [0.25, 0.3) is 0 Å². The van der Waals surface area contributed by atoms with Gasteiger partial charge in [0.1, 0.15) is 0 Å². The van der Waals surface area contributed by atoms with Crippen molar-refractivity contribution in [3.63, 3.8) is 0 Å². The Morgan fingerprint density at radius 1 is 1.08 bits per heavy atom. The molecule has 0 heterocycles. The van der Waals surface area contributed by atoms with E-state index in [-0.39, 0.29) is 16.5 Å². The number of sulfonamides is 1. The fraction of sp³-hybridized carbons (Fsp3) is 0.294. The predicted octanol–water partition coefficient (Wildman–Crippen LogP) is 4.14. The molecule has 2 rings (SSSR count). The van der Waals surface area contributed by atoms with Crippen molar-refractivity contribution >= 4 is 21.4 Å². The molecule has 0 unspecified atom stereocenters. The molecule has 0 saturated carbocycles. The van der Waals surface area contributed by atoms with Crippen LogP contribution in [0.1, 0.15) is 36.5 Å². The van der Waals surface area contributed by atoms with Gasteiger partial charge in [0.2, 0.25) is 0 Å². The summed E-state index contributed by atoms with van der Waals surface area (Å²) >= 11 is 0. The number of para-hydroxylation sites is 1. The van der Waals surface area contributed by atoms with E-state index in [4.69, 9.17) is 0 Å². The molecule has 0 saturated heterocycles. The van der Waals surface area contributed by atoms with Gasteiger partial charge in [0.25, 0.3) is 15.7 Å². The number of anilines is 1. The van der Waals surface area contributed by atoms with Gasteiger partial charge in [0, 0.05) is 12.1 Å². The minimum absolute atomic E-state index is 0.0883. The largest absolute Gasteiger partial charge is 0.279 e. The summed E-state index contributed by atoms with van der Waals surface area (Å²) in [4.78, 5) is 10.2. The van der Waals surface area contributed by atoms with Crippen LogP contribution in [0.3, 0.4) is 0 Å². The van der Waals surface area contributed by atoms with E-state index in [2.05, 4.69) is 4.72 Å². The van der Waals surface area contributed by atoms with Gasteiger partial charge in [-0.05, 0) is 36.5 Å². The van der Waals surface area contributed by atoms with Gasteiger partial charge in [0.15, 0.2) is 0 Å². The second-order valence-electron chi connectivity index (χ2n) is 6.01. The SMILES string of the molecule is Cc1ccc([N+](=O)[O-])cc1S(=O)(=O)Nc1c(C)cccc1C(C)C. The van der Waals surface area contributed by atoms with Gasteiger partial charge in [-0.15, -0.1) is 0 Å². The number of aryl methyl sites for hydroxylation is 2. The number of nitrogens with one attached hydrogen (secondary N) is 1. The molecule has 2 aromatic carbocycles. The first-order valence-corrected chi connectivity index (χ1v) is 8.99. The van der Waals surface area contributed by atoms with Crippen LogP contribution >= 0.6 is 0 Å². The summed E-state index contributed by atoms with van der Waals surface area (Å²) in [6.45, 7) is 7.39. The average Bonchev–Trinajstić information content (AvgIpc) is 2.48. The van der Waals surface area contributed by atoms with Crippen LogP contribution in [0.2, 0.25) is 0 Å². The molecule has 0 aliphatic heterocycles. The number of hydrogen-bond donors (Lipinski definition) is 1. The van der Waals surface area contributed by atoms with Gasteiger partial charge in [-0.2, -0.15) is 0 Å². The first-order chi connectivity index (χ1) is 11.1. The minimum Gasteiger partial charge on any atom is -0.279 e. The molecule has 0 aliphatic rings. The third kappa shape index (κ3) is 3.56. The highest BCUT2D eigenvalue weighted by molar-refractivity contribution is 7.92. The molecule has 7 heteroatoms. The Hall–Kier alpha value is -2.41. The van der Waals surface area contributed by atoms with Crippen molar-refractivity contribution in [3.8, 4) is 0 Å². The molecule has 0 aliphatic carbocycles. The Kier molecular flexibility index (Phi) is 4.94. The van der Waals surface area contributed by atoms with Crippen LogP contribution in [0.4, 0.5) is 11.4 Å². The molecule has 2 aromatic rings. The molecule has 0 amide bonds. The van der Waals surface area contributed by atoms with Crippen molar-refractivity contribution in [3.05, 3.63) is 63.2 Å². The zero-order valence-electron chi connectivity index (χ0n) is 14.0. The Morgan fingerprint density at radius 2 is 1.75 bits per heavy atom. The van der Waals surface area contributed by atoms with E-state index in [0.29, 0.717) is 11.3 Å². The lowest BCUT2D eigenvalue weighted by Gasteiger charge is -2.18. The molecule has 0 bridgehead atoms. The van der Waals surface area contributed by atoms with Crippen molar-refractivity contribution in [2.24, 2.45) is 0 Å². The van der Waals surface area contributed by atoms with Crippen molar-refractivity contribution in [2.75, 3.05) is 4.72 Å². The molecular weight excluding hydrogens is 328 g/mol. The quantitative estimate of drug-likeness (QED) is 0.649. The van der Waals surface area contributed by atoms with Gasteiger partial charge in [-0.1, -0.05) is 38.1 Å². The second-order valence-corrected chi connectivity index (χ2v) is 7.66. The lowest BCUT2D eigenvalue weighted by molar-refractivity contribution is -0.385. The average molecular weight is 348 g/mol. The van der Waals surface area contributed by atoms with Gasteiger partial charge in [0.05, 0.1) is 15.5 Å². The molecular formula is C17H20N2O4S. The number of rotatable bonds is 5. The number of hydrogen-bond acceptors (Lipinski definition) is 4. The zero-order chi connectivity index (χ0) is 18.1. The normalized spacial score (nSPS) is 11.5. The molecule has 6 nitrogen and oxygen atoms in total.